The van der Waals surface area contributed by atoms with Crippen LogP contribution in [0.15, 0.2) is 4.99 Å². The molecule has 0 spiro atoms. The molecule has 0 aliphatic heterocycles. The Hall–Kier alpha value is -0.710. The SMILES string of the molecule is O=C(O)N=CP(=O)(O)O. The maximum absolute atomic E-state index is 9.82. The first kappa shape index (κ1) is 8.29. The summed E-state index contributed by atoms with van der Waals surface area (Å²) in [4.78, 5) is 27.9. The topological polar surface area (TPSA) is 107 Å². The molecule has 0 radical (unpaired) electrons. The molecule has 9 heavy (non-hydrogen) atoms. The fourth-order valence-electron chi connectivity index (χ4n) is 0.125. The molecule has 0 rings (SSSR count). The Kier molecular flexibility index (Phi) is 2.51. The van der Waals surface area contributed by atoms with Crippen LogP contribution in [-0.4, -0.2) is 26.9 Å². The third-order valence-electron chi connectivity index (χ3n) is 0.319. The number of hydrogen-bond acceptors (Lipinski definition) is 2. The standard InChI is InChI=1S/C2H4NO5P/c4-2(5)3-1-9(6,7)8/h1H,(H,4,5)(H2,6,7,8). The van der Waals surface area contributed by atoms with E-state index in [0.29, 0.717) is 0 Å². The highest BCUT2D eigenvalue weighted by molar-refractivity contribution is 7.67. The van der Waals surface area contributed by atoms with Crippen LogP contribution < -0.4 is 0 Å². The summed E-state index contributed by atoms with van der Waals surface area (Å²) in [6, 6.07) is 0. The van der Waals surface area contributed by atoms with Gasteiger partial charge in [-0.1, -0.05) is 0 Å². The van der Waals surface area contributed by atoms with Gasteiger partial charge in [0.1, 0.15) is 5.96 Å². The summed E-state index contributed by atoms with van der Waals surface area (Å²) < 4.78 is 9.82. The van der Waals surface area contributed by atoms with Gasteiger partial charge in [-0.25, -0.2) is 4.79 Å². The molecule has 0 aliphatic carbocycles. The fourth-order valence-corrected chi connectivity index (χ4v) is 0.374. The van der Waals surface area contributed by atoms with Crippen LogP contribution in [-0.2, 0) is 4.57 Å². The van der Waals surface area contributed by atoms with Crippen molar-refractivity contribution in [3.8, 4) is 0 Å². The third kappa shape index (κ3) is 7.29. The summed E-state index contributed by atoms with van der Waals surface area (Å²) in [6.45, 7) is 0. The van der Waals surface area contributed by atoms with Gasteiger partial charge in [-0.05, 0) is 0 Å². The second-order valence-electron chi connectivity index (χ2n) is 1.12. The zero-order valence-corrected chi connectivity index (χ0v) is 5.02. The summed E-state index contributed by atoms with van der Waals surface area (Å²) in [5.41, 5.74) is 0. The molecular formula is C2H4NO5P. The van der Waals surface area contributed by atoms with E-state index in [4.69, 9.17) is 14.9 Å². The number of carboxylic acid groups (broad SMARTS) is 1. The van der Waals surface area contributed by atoms with Crippen molar-refractivity contribution in [3.63, 3.8) is 0 Å². The molecule has 0 aliphatic rings. The van der Waals surface area contributed by atoms with Gasteiger partial charge in [-0.2, -0.15) is 4.99 Å². The van der Waals surface area contributed by atoms with Gasteiger partial charge in [-0.3, -0.25) is 4.57 Å². The summed E-state index contributed by atoms with van der Waals surface area (Å²) in [5.74, 6) is 0.0787. The number of hydrogen-bond donors (Lipinski definition) is 3. The van der Waals surface area contributed by atoms with Crippen molar-refractivity contribution >= 4 is 19.6 Å². The van der Waals surface area contributed by atoms with Crippen molar-refractivity contribution in [3.05, 3.63) is 0 Å². The molecular weight excluding hydrogens is 149 g/mol. The minimum absolute atomic E-state index is 0.0787. The summed E-state index contributed by atoms with van der Waals surface area (Å²) in [6.07, 6.45) is -1.63. The highest BCUT2D eigenvalue weighted by atomic mass is 31.2. The molecule has 0 saturated heterocycles. The van der Waals surface area contributed by atoms with Crippen LogP contribution in [0.2, 0.25) is 0 Å². The zero-order chi connectivity index (χ0) is 7.49. The molecule has 0 saturated carbocycles. The number of aliphatic imine (C=N–C) groups is 1. The van der Waals surface area contributed by atoms with Crippen LogP contribution >= 0.6 is 7.60 Å². The van der Waals surface area contributed by atoms with Crippen LogP contribution in [0.5, 0.6) is 0 Å². The van der Waals surface area contributed by atoms with Gasteiger partial charge < -0.3 is 14.9 Å². The molecule has 0 heterocycles. The van der Waals surface area contributed by atoms with Crippen molar-refractivity contribution in [1.29, 1.82) is 0 Å². The molecule has 7 heteroatoms. The van der Waals surface area contributed by atoms with E-state index in [9.17, 15) is 9.36 Å². The molecule has 0 aromatic heterocycles. The van der Waals surface area contributed by atoms with Crippen LogP contribution in [0, 0.1) is 0 Å². The van der Waals surface area contributed by atoms with Gasteiger partial charge >= 0.3 is 13.7 Å². The average Bonchev–Trinajstić information content (AvgIpc) is 1.59. The summed E-state index contributed by atoms with van der Waals surface area (Å²) in [7, 11) is -4.39. The molecule has 1 amide bonds. The molecule has 0 unspecified atom stereocenters. The lowest BCUT2D eigenvalue weighted by Crippen LogP contribution is -1.86. The van der Waals surface area contributed by atoms with Crippen LogP contribution in [0.3, 0.4) is 0 Å². The molecule has 0 aromatic carbocycles. The number of rotatable bonds is 1. The Morgan fingerprint density at radius 3 is 2.11 bits per heavy atom. The van der Waals surface area contributed by atoms with Crippen molar-refractivity contribution in [1.82, 2.24) is 0 Å². The maximum atomic E-state index is 9.82. The van der Waals surface area contributed by atoms with E-state index < -0.39 is 13.7 Å². The lowest BCUT2D eigenvalue weighted by Gasteiger charge is -1.89. The van der Waals surface area contributed by atoms with Gasteiger partial charge in [0.05, 0.1) is 0 Å². The van der Waals surface area contributed by atoms with Crippen LogP contribution in [0.25, 0.3) is 0 Å². The summed E-state index contributed by atoms with van der Waals surface area (Å²) >= 11 is 0. The van der Waals surface area contributed by atoms with E-state index >= 15 is 0 Å². The number of nitrogens with zero attached hydrogens (tertiary/aromatic N) is 1. The highest BCUT2D eigenvalue weighted by Crippen LogP contribution is 2.29. The highest BCUT2D eigenvalue weighted by Gasteiger charge is 2.07. The fraction of sp³-hybridized carbons (Fsp3) is 0. The van der Waals surface area contributed by atoms with Crippen LogP contribution in [0.4, 0.5) is 4.79 Å². The van der Waals surface area contributed by atoms with Gasteiger partial charge in [0.2, 0.25) is 0 Å². The molecule has 0 fully saturated rings. The van der Waals surface area contributed by atoms with E-state index in [-0.39, 0.29) is 5.96 Å². The van der Waals surface area contributed by atoms with E-state index in [2.05, 4.69) is 4.99 Å². The Morgan fingerprint density at radius 2 is 2.00 bits per heavy atom. The third-order valence-corrected chi connectivity index (χ3v) is 0.735. The number of carbonyl (C=O) groups is 1. The monoisotopic (exact) mass is 153 g/mol. The molecule has 0 atom stereocenters. The van der Waals surface area contributed by atoms with Gasteiger partial charge in [0.15, 0.2) is 0 Å². The van der Waals surface area contributed by atoms with Crippen LogP contribution in [0.1, 0.15) is 0 Å². The first-order chi connectivity index (χ1) is 3.92. The Labute approximate surface area is 50.0 Å². The van der Waals surface area contributed by atoms with Gasteiger partial charge in [0.25, 0.3) is 0 Å². The Morgan fingerprint density at radius 1 is 1.56 bits per heavy atom. The number of amides is 1. The van der Waals surface area contributed by atoms with E-state index in [1.165, 1.54) is 0 Å². The molecule has 3 N–H and O–H groups in total. The zero-order valence-electron chi connectivity index (χ0n) is 4.13. The second kappa shape index (κ2) is 2.72. The minimum atomic E-state index is -4.39. The second-order valence-corrected chi connectivity index (χ2v) is 2.53. The average molecular weight is 153 g/mol. The maximum Gasteiger partial charge on any atom is 0.431 e. The van der Waals surface area contributed by atoms with Gasteiger partial charge in [0, 0.05) is 0 Å². The van der Waals surface area contributed by atoms with E-state index in [1.54, 1.807) is 0 Å². The molecule has 6 nitrogen and oxygen atoms in total. The van der Waals surface area contributed by atoms with E-state index in [1.807, 2.05) is 0 Å². The van der Waals surface area contributed by atoms with Crippen molar-refractivity contribution in [2.75, 3.05) is 0 Å². The lowest BCUT2D eigenvalue weighted by atomic mass is 11.2. The van der Waals surface area contributed by atoms with Crippen molar-refractivity contribution in [2.24, 2.45) is 4.99 Å². The quantitative estimate of drug-likeness (QED) is 0.359. The van der Waals surface area contributed by atoms with Gasteiger partial charge in [-0.15, -0.1) is 0 Å². The lowest BCUT2D eigenvalue weighted by molar-refractivity contribution is 0.206. The minimum Gasteiger partial charge on any atom is -0.463 e. The molecule has 0 bridgehead atoms. The van der Waals surface area contributed by atoms with Crippen molar-refractivity contribution in [2.45, 2.75) is 0 Å². The first-order valence-electron chi connectivity index (χ1n) is 1.75. The smallest absolute Gasteiger partial charge is 0.431 e. The Bertz CT molecular complexity index is 179. The first-order valence-corrected chi connectivity index (χ1v) is 3.43. The summed E-state index contributed by atoms with van der Waals surface area (Å²) in [5, 5.41) is 7.74. The Balaban J connectivity index is 4.02. The largest absolute Gasteiger partial charge is 0.463 e. The predicted molar refractivity (Wildman–Crippen MR) is 28.6 cm³/mol. The van der Waals surface area contributed by atoms with E-state index in [0.717, 1.165) is 0 Å². The van der Waals surface area contributed by atoms with Crippen molar-refractivity contribution < 1.29 is 24.3 Å². The molecule has 52 valence electrons. The normalized spacial score (nSPS) is 12.2. The molecule has 0 aromatic rings. The predicted octanol–water partition coefficient (Wildman–Crippen LogP) is -0.130.